The number of fused-ring (bicyclic) bond motifs is 1. The van der Waals surface area contributed by atoms with E-state index in [0.717, 1.165) is 5.56 Å². The van der Waals surface area contributed by atoms with Gasteiger partial charge in [0.25, 0.3) is 5.91 Å². The zero-order valence-electron chi connectivity index (χ0n) is 18.4. The van der Waals surface area contributed by atoms with Gasteiger partial charge in [-0.25, -0.2) is 0 Å². The number of carbonyl (C=O) groups excluding carboxylic acids is 2. The van der Waals surface area contributed by atoms with Gasteiger partial charge in [0.15, 0.2) is 11.5 Å². The lowest BCUT2D eigenvalue weighted by Gasteiger charge is -2.29. The number of hydrogen-bond acceptors (Lipinski definition) is 5. The average Bonchev–Trinajstić information content (AvgIpc) is 3.37. The highest BCUT2D eigenvalue weighted by atomic mass is 35.5. The minimum Gasteiger partial charge on any atom is -0.503 e. The fourth-order valence-corrected chi connectivity index (χ4v) is 4.55. The summed E-state index contributed by atoms with van der Waals surface area (Å²) in [5.74, 6) is -1.41. The molecule has 1 amide bonds. The van der Waals surface area contributed by atoms with Crippen molar-refractivity contribution >= 4 is 39.9 Å². The first-order valence-corrected chi connectivity index (χ1v) is 11.0. The maximum Gasteiger partial charge on any atom is 0.294 e. The van der Waals surface area contributed by atoms with E-state index < -0.39 is 23.5 Å². The van der Waals surface area contributed by atoms with Crippen LogP contribution in [0.2, 0.25) is 5.02 Å². The predicted molar refractivity (Wildman–Crippen MR) is 130 cm³/mol. The molecule has 1 aliphatic heterocycles. The maximum absolute atomic E-state index is 13.7. The smallest absolute Gasteiger partial charge is 0.294 e. The Morgan fingerprint density at radius 1 is 1.06 bits per heavy atom. The summed E-state index contributed by atoms with van der Waals surface area (Å²) in [5.41, 5.74) is 2.35. The van der Waals surface area contributed by atoms with Crippen LogP contribution in [-0.2, 0) is 4.79 Å². The summed E-state index contributed by atoms with van der Waals surface area (Å²) >= 11 is 6.07. The van der Waals surface area contributed by atoms with Gasteiger partial charge in [-0.05, 0) is 48.9 Å². The molecule has 0 saturated heterocycles. The monoisotopic (exact) mass is 473 g/mol. The highest BCUT2D eigenvalue weighted by Crippen LogP contribution is 2.45. The Balaban J connectivity index is 1.71. The second-order valence-corrected chi connectivity index (χ2v) is 8.43. The molecule has 1 atom stereocenters. The van der Waals surface area contributed by atoms with Gasteiger partial charge in [0, 0.05) is 21.7 Å². The molecule has 0 bridgehead atoms. The minimum absolute atomic E-state index is 0.00171. The van der Waals surface area contributed by atoms with Gasteiger partial charge in [-0.1, -0.05) is 48.0 Å². The molecule has 0 fully saturated rings. The molecule has 0 aliphatic carbocycles. The zero-order valence-corrected chi connectivity index (χ0v) is 19.2. The van der Waals surface area contributed by atoms with E-state index in [-0.39, 0.29) is 11.3 Å². The van der Waals surface area contributed by atoms with E-state index in [2.05, 4.69) is 0 Å². The summed E-state index contributed by atoms with van der Waals surface area (Å²) in [6, 6.07) is 20.1. The number of anilines is 1. The van der Waals surface area contributed by atoms with Gasteiger partial charge in [-0.3, -0.25) is 14.5 Å². The van der Waals surface area contributed by atoms with Crippen molar-refractivity contribution in [3.63, 3.8) is 0 Å². The number of hydrogen-bond donors (Lipinski definition) is 1. The van der Waals surface area contributed by atoms with Gasteiger partial charge in [-0.2, -0.15) is 0 Å². The second-order valence-electron chi connectivity index (χ2n) is 7.99. The summed E-state index contributed by atoms with van der Waals surface area (Å²) in [5, 5.41) is 12.1. The Bertz CT molecular complexity index is 1490. The van der Waals surface area contributed by atoms with Crippen LogP contribution in [0, 0.1) is 6.92 Å². The van der Waals surface area contributed by atoms with E-state index in [9.17, 15) is 14.7 Å². The van der Waals surface area contributed by atoms with Gasteiger partial charge in [0.1, 0.15) is 11.3 Å². The number of methoxy groups -OCH3 is 1. The summed E-state index contributed by atoms with van der Waals surface area (Å²) in [6.07, 6.45) is 0. The summed E-state index contributed by atoms with van der Waals surface area (Å²) in [6.45, 7) is 1.86. The maximum atomic E-state index is 13.7. The molecular formula is C27H20ClNO5. The van der Waals surface area contributed by atoms with Crippen LogP contribution in [-0.4, -0.2) is 23.9 Å². The number of amides is 1. The van der Waals surface area contributed by atoms with Crippen molar-refractivity contribution in [3.05, 3.63) is 106 Å². The number of furan rings is 1. The SMILES string of the molecule is COc1ccccc1C1C(C(=O)c2cc3cc(Cl)ccc3o2)=C(O)C(=O)N1c1ccccc1C. The minimum atomic E-state index is -0.922. The Hall–Kier alpha value is -4.03. The molecule has 1 unspecified atom stereocenters. The number of carbonyl (C=O) groups is 2. The van der Waals surface area contributed by atoms with Crippen LogP contribution >= 0.6 is 11.6 Å². The molecular weight excluding hydrogens is 454 g/mol. The Kier molecular flexibility index (Phi) is 5.38. The van der Waals surface area contributed by atoms with E-state index in [1.165, 1.54) is 12.0 Å². The Morgan fingerprint density at radius 2 is 1.79 bits per heavy atom. The Morgan fingerprint density at radius 3 is 2.56 bits per heavy atom. The third kappa shape index (κ3) is 3.43. The number of ketones is 1. The fraction of sp³-hybridized carbons (Fsp3) is 0.111. The number of aliphatic hydroxyl groups excluding tert-OH is 1. The first-order chi connectivity index (χ1) is 16.4. The molecule has 0 spiro atoms. The van der Waals surface area contributed by atoms with Crippen molar-refractivity contribution < 1.29 is 23.8 Å². The molecule has 170 valence electrons. The first-order valence-electron chi connectivity index (χ1n) is 10.6. The van der Waals surface area contributed by atoms with Gasteiger partial charge in [0.2, 0.25) is 5.78 Å². The molecule has 5 rings (SSSR count). The van der Waals surface area contributed by atoms with E-state index in [4.69, 9.17) is 20.8 Å². The third-order valence-corrected chi connectivity index (χ3v) is 6.20. The summed E-state index contributed by atoms with van der Waals surface area (Å²) < 4.78 is 11.3. The number of para-hydroxylation sites is 2. The van der Waals surface area contributed by atoms with Crippen molar-refractivity contribution in [1.82, 2.24) is 0 Å². The number of nitrogens with zero attached hydrogens (tertiary/aromatic N) is 1. The molecule has 0 radical (unpaired) electrons. The molecule has 7 heteroatoms. The van der Waals surface area contributed by atoms with Crippen LogP contribution in [0.1, 0.15) is 27.7 Å². The van der Waals surface area contributed by atoms with E-state index in [0.29, 0.717) is 33.0 Å². The van der Waals surface area contributed by atoms with Gasteiger partial charge >= 0.3 is 0 Å². The molecule has 6 nitrogen and oxygen atoms in total. The summed E-state index contributed by atoms with van der Waals surface area (Å²) in [7, 11) is 1.52. The zero-order chi connectivity index (χ0) is 24.0. The fourth-order valence-electron chi connectivity index (χ4n) is 4.36. The number of aliphatic hydroxyl groups is 1. The molecule has 34 heavy (non-hydrogen) atoms. The van der Waals surface area contributed by atoms with Crippen molar-refractivity contribution in [1.29, 1.82) is 0 Å². The quantitative estimate of drug-likeness (QED) is 0.350. The number of Topliss-reactive ketones (excluding diaryl/α,β-unsaturated/α-hetero) is 1. The van der Waals surface area contributed by atoms with Crippen LogP contribution in [0.5, 0.6) is 5.75 Å². The molecule has 2 heterocycles. The van der Waals surface area contributed by atoms with Gasteiger partial charge in [0.05, 0.1) is 18.7 Å². The van der Waals surface area contributed by atoms with Crippen LogP contribution < -0.4 is 9.64 Å². The van der Waals surface area contributed by atoms with E-state index >= 15 is 0 Å². The second kappa shape index (κ2) is 8.39. The molecule has 4 aromatic rings. The third-order valence-electron chi connectivity index (χ3n) is 5.96. The largest absolute Gasteiger partial charge is 0.503 e. The number of halogens is 1. The number of rotatable bonds is 5. The number of aryl methyl sites for hydroxylation is 1. The van der Waals surface area contributed by atoms with Crippen molar-refractivity contribution in [2.45, 2.75) is 13.0 Å². The Labute approximate surface area is 200 Å². The van der Waals surface area contributed by atoms with Crippen LogP contribution in [0.25, 0.3) is 11.0 Å². The van der Waals surface area contributed by atoms with Crippen molar-refractivity contribution in [2.24, 2.45) is 0 Å². The number of benzene rings is 3. The topological polar surface area (TPSA) is 80.0 Å². The molecule has 0 saturated carbocycles. The van der Waals surface area contributed by atoms with Crippen LogP contribution in [0.4, 0.5) is 5.69 Å². The highest BCUT2D eigenvalue weighted by molar-refractivity contribution is 6.31. The lowest BCUT2D eigenvalue weighted by atomic mass is 9.93. The lowest BCUT2D eigenvalue weighted by molar-refractivity contribution is -0.117. The van der Waals surface area contributed by atoms with Crippen LogP contribution in [0.15, 0.2) is 88.5 Å². The van der Waals surface area contributed by atoms with Crippen LogP contribution in [0.3, 0.4) is 0 Å². The predicted octanol–water partition coefficient (Wildman–Crippen LogP) is 6.19. The van der Waals surface area contributed by atoms with Crippen molar-refractivity contribution in [3.8, 4) is 5.75 Å². The van der Waals surface area contributed by atoms with Gasteiger partial charge in [-0.15, -0.1) is 0 Å². The molecule has 1 aliphatic rings. The first kappa shape index (κ1) is 21.8. The average molecular weight is 474 g/mol. The van der Waals surface area contributed by atoms with E-state index in [1.807, 2.05) is 19.1 Å². The summed E-state index contributed by atoms with van der Waals surface area (Å²) in [4.78, 5) is 28.5. The molecule has 1 aromatic heterocycles. The standard InChI is InChI=1S/C27H20ClNO5/c1-15-7-3-5-9-19(15)29-24(18-8-4-6-10-21(18)33-2)23(26(31)27(29)32)25(30)22-14-16-13-17(28)11-12-20(16)34-22/h3-14,24,31H,1-2H3. The molecule has 3 aromatic carbocycles. The van der Waals surface area contributed by atoms with E-state index in [1.54, 1.807) is 60.7 Å². The highest BCUT2D eigenvalue weighted by Gasteiger charge is 2.46. The lowest BCUT2D eigenvalue weighted by Crippen LogP contribution is -2.31. The molecule has 1 N–H and O–H groups in total. The number of ether oxygens (including phenoxy) is 1. The van der Waals surface area contributed by atoms with Gasteiger partial charge < -0.3 is 14.3 Å². The van der Waals surface area contributed by atoms with Crippen molar-refractivity contribution in [2.75, 3.05) is 12.0 Å². The normalized spacial score (nSPS) is 15.9.